The number of unbranched alkanes of at least 4 members (excludes halogenated alkanes) is 1. The molecule has 9 nitrogen and oxygen atoms in total. The van der Waals surface area contributed by atoms with Crippen LogP contribution in [-0.2, 0) is 9.53 Å². The molecule has 1 fully saturated rings. The van der Waals surface area contributed by atoms with Gasteiger partial charge in [-0.1, -0.05) is 13.3 Å². The van der Waals surface area contributed by atoms with Crippen LogP contribution in [0.2, 0.25) is 0 Å². The third-order valence-corrected chi connectivity index (χ3v) is 4.14. The van der Waals surface area contributed by atoms with E-state index in [0.29, 0.717) is 38.3 Å². The number of methoxy groups -OCH3 is 1. The first kappa shape index (κ1) is 17.9. The van der Waals surface area contributed by atoms with Crippen molar-refractivity contribution in [2.75, 3.05) is 37.0 Å². The van der Waals surface area contributed by atoms with Crippen LogP contribution in [0.25, 0.3) is 0 Å². The van der Waals surface area contributed by atoms with Gasteiger partial charge in [-0.15, -0.1) is 0 Å². The number of anilines is 2. The Bertz CT molecular complexity index is 587. The monoisotopic (exact) mass is 337 g/mol. The fourth-order valence-corrected chi connectivity index (χ4v) is 2.78. The Hall–Kier alpha value is -2.45. The van der Waals surface area contributed by atoms with E-state index in [1.807, 2.05) is 11.8 Å². The van der Waals surface area contributed by atoms with Gasteiger partial charge in [-0.2, -0.15) is 0 Å². The number of nitrogens with zero attached hydrogens (tertiary/aromatic N) is 4. The molecule has 2 heterocycles. The highest BCUT2D eigenvalue weighted by Gasteiger charge is 2.31. The van der Waals surface area contributed by atoms with Gasteiger partial charge in [0.25, 0.3) is 0 Å². The van der Waals surface area contributed by atoms with Gasteiger partial charge in [0, 0.05) is 19.6 Å². The normalized spacial score (nSPS) is 15.2. The number of piperidine rings is 1. The van der Waals surface area contributed by atoms with E-state index in [1.54, 1.807) is 0 Å². The third kappa shape index (κ3) is 4.09. The quantitative estimate of drug-likeness (QED) is 0.348. The van der Waals surface area contributed by atoms with Crippen molar-refractivity contribution in [1.82, 2.24) is 9.97 Å². The van der Waals surface area contributed by atoms with Crippen LogP contribution in [0.15, 0.2) is 6.33 Å². The Balaban J connectivity index is 2.16. The van der Waals surface area contributed by atoms with Crippen LogP contribution in [0.1, 0.15) is 32.6 Å². The van der Waals surface area contributed by atoms with E-state index < -0.39 is 4.92 Å². The molecule has 24 heavy (non-hydrogen) atoms. The summed E-state index contributed by atoms with van der Waals surface area (Å²) in [5, 5.41) is 14.5. The first-order valence-corrected chi connectivity index (χ1v) is 8.14. The zero-order valence-electron chi connectivity index (χ0n) is 14.0. The van der Waals surface area contributed by atoms with Crippen molar-refractivity contribution >= 4 is 23.3 Å². The van der Waals surface area contributed by atoms with Crippen LogP contribution in [-0.4, -0.2) is 47.6 Å². The fourth-order valence-electron chi connectivity index (χ4n) is 2.78. The molecule has 0 bridgehead atoms. The number of ether oxygens (including phenoxy) is 1. The van der Waals surface area contributed by atoms with E-state index in [0.717, 1.165) is 12.8 Å². The smallest absolute Gasteiger partial charge is 0.353 e. The standard InChI is InChI=1S/C15H23N5O4/c1-3-4-7-16-13-12(20(22)23)14(18-10-17-13)19-8-5-11(6-9-19)15(21)24-2/h10-11H,3-9H2,1-2H3,(H,16,17,18). The number of hydrogen-bond donors (Lipinski definition) is 1. The first-order chi connectivity index (χ1) is 11.6. The van der Waals surface area contributed by atoms with E-state index in [4.69, 9.17) is 4.74 Å². The summed E-state index contributed by atoms with van der Waals surface area (Å²) >= 11 is 0. The number of carbonyl (C=O) groups excluding carboxylic acids is 1. The second-order valence-corrected chi connectivity index (χ2v) is 5.72. The molecule has 0 amide bonds. The predicted molar refractivity (Wildman–Crippen MR) is 89.0 cm³/mol. The summed E-state index contributed by atoms with van der Waals surface area (Å²) in [4.78, 5) is 32.7. The molecule has 0 spiro atoms. The molecule has 1 aliphatic rings. The molecular formula is C15H23N5O4. The van der Waals surface area contributed by atoms with Gasteiger partial charge >= 0.3 is 11.7 Å². The van der Waals surface area contributed by atoms with Gasteiger partial charge in [-0.25, -0.2) is 9.97 Å². The summed E-state index contributed by atoms with van der Waals surface area (Å²) in [6, 6.07) is 0. The van der Waals surface area contributed by atoms with Crippen molar-refractivity contribution in [3.63, 3.8) is 0 Å². The van der Waals surface area contributed by atoms with Gasteiger partial charge in [0.2, 0.25) is 11.6 Å². The van der Waals surface area contributed by atoms with E-state index in [9.17, 15) is 14.9 Å². The second kappa shape index (κ2) is 8.42. The molecule has 2 rings (SSSR count). The summed E-state index contributed by atoms with van der Waals surface area (Å²) in [5.74, 6) is 0.161. The summed E-state index contributed by atoms with van der Waals surface area (Å²) in [6.07, 6.45) is 4.41. The molecule has 132 valence electrons. The maximum Gasteiger partial charge on any atom is 0.353 e. The average Bonchev–Trinajstić information content (AvgIpc) is 2.61. The molecule has 0 saturated carbocycles. The maximum absolute atomic E-state index is 11.6. The molecular weight excluding hydrogens is 314 g/mol. The van der Waals surface area contributed by atoms with Gasteiger partial charge in [0.1, 0.15) is 6.33 Å². The van der Waals surface area contributed by atoms with Gasteiger partial charge in [0.05, 0.1) is 18.0 Å². The molecule has 0 aromatic carbocycles. The van der Waals surface area contributed by atoms with Crippen molar-refractivity contribution < 1.29 is 14.5 Å². The highest BCUT2D eigenvalue weighted by Crippen LogP contribution is 2.34. The molecule has 9 heteroatoms. The van der Waals surface area contributed by atoms with Crippen molar-refractivity contribution in [2.24, 2.45) is 5.92 Å². The highest BCUT2D eigenvalue weighted by molar-refractivity contribution is 5.74. The highest BCUT2D eigenvalue weighted by atomic mass is 16.6. The maximum atomic E-state index is 11.6. The topological polar surface area (TPSA) is 110 Å². The van der Waals surface area contributed by atoms with Crippen LogP contribution in [0.4, 0.5) is 17.3 Å². The Kier molecular flexibility index (Phi) is 6.28. The lowest BCUT2D eigenvalue weighted by Gasteiger charge is -2.31. The Morgan fingerprint density at radius 2 is 2.17 bits per heavy atom. The minimum Gasteiger partial charge on any atom is -0.469 e. The summed E-state index contributed by atoms with van der Waals surface area (Å²) in [7, 11) is 1.37. The predicted octanol–water partition coefficient (Wildman–Crippen LogP) is 1.99. The summed E-state index contributed by atoms with van der Waals surface area (Å²) in [5.41, 5.74) is -0.106. The van der Waals surface area contributed by atoms with Crippen LogP contribution in [0.3, 0.4) is 0 Å². The summed E-state index contributed by atoms with van der Waals surface area (Å²) in [6.45, 7) is 3.71. The lowest BCUT2D eigenvalue weighted by atomic mass is 9.97. The van der Waals surface area contributed by atoms with Crippen LogP contribution in [0.5, 0.6) is 0 Å². The largest absolute Gasteiger partial charge is 0.469 e. The van der Waals surface area contributed by atoms with Gasteiger partial charge in [-0.05, 0) is 19.3 Å². The number of rotatable bonds is 7. The fraction of sp³-hybridized carbons (Fsp3) is 0.667. The van der Waals surface area contributed by atoms with Gasteiger partial charge < -0.3 is 15.0 Å². The summed E-state index contributed by atoms with van der Waals surface area (Å²) < 4.78 is 4.77. The van der Waals surface area contributed by atoms with Crippen molar-refractivity contribution in [1.29, 1.82) is 0 Å². The van der Waals surface area contributed by atoms with Crippen LogP contribution < -0.4 is 10.2 Å². The van der Waals surface area contributed by atoms with Crippen molar-refractivity contribution in [3.05, 3.63) is 16.4 Å². The molecule has 1 aromatic rings. The van der Waals surface area contributed by atoms with Crippen molar-refractivity contribution in [3.8, 4) is 0 Å². The number of nitro groups is 1. The molecule has 1 saturated heterocycles. The number of carbonyl (C=O) groups is 1. The number of nitrogens with one attached hydrogen (secondary N) is 1. The van der Waals surface area contributed by atoms with Crippen LogP contribution >= 0.6 is 0 Å². The van der Waals surface area contributed by atoms with E-state index in [2.05, 4.69) is 15.3 Å². The molecule has 1 aromatic heterocycles. The van der Waals surface area contributed by atoms with Gasteiger partial charge in [0.15, 0.2) is 0 Å². The molecule has 0 radical (unpaired) electrons. The molecule has 0 atom stereocenters. The third-order valence-electron chi connectivity index (χ3n) is 4.14. The lowest BCUT2D eigenvalue weighted by molar-refractivity contribution is -0.383. The molecule has 0 aliphatic carbocycles. The minimum atomic E-state index is -0.448. The van der Waals surface area contributed by atoms with Gasteiger partial charge in [-0.3, -0.25) is 14.9 Å². The van der Waals surface area contributed by atoms with Crippen molar-refractivity contribution in [2.45, 2.75) is 32.6 Å². The molecule has 0 unspecified atom stereocenters. The first-order valence-electron chi connectivity index (χ1n) is 8.14. The van der Waals surface area contributed by atoms with E-state index in [1.165, 1.54) is 13.4 Å². The minimum absolute atomic E-state index is 0.106. The second-order valence-electron chi connectivity index (χ2n) is 5.72. The zero-order chi connectivity index (χ0) is 17.5. The Morgan fingerprint density at radius 3 is 2.75 bits per heavy atom. The lowest BCUT2D eigenvalue weighted by Crippen LogP contribution is -2.37. The number of esters is 1. The van der Waals surface area contributed by atoms with E-state index in [-0.39, 0.29) is 23.4 Å². The average molecular weight is 337 g/mol. The number of hydrogen-bond acceptors (Lipinski definition) is 8. The van der Waals surface area contributed by atoms with Crippen LogP contribution in [0, 0.1) is 16.0 Å². The SMILES string of the molecule is CCCCNc1ncnc(N2CCC(C(=O)OC)CC2)c1[N+](=O)[O-]. The Morgan fingerprint density at radius 1 is 1.46 bits per heavy atom. The Labute approximate surface area is 140 Å². The van der Waals surface area contributed by atoms with E-state index >= 15 is 0 Å². The molecule has 1 N–H and O–H groups in total. The number of aromatic nitrogens is 2. The zero-order valence-corrected chi connectivity index (χ0v) is 14.0. The molecule has 1 aliphatic heterocycles.